The lowest BCUT2D eigenvalue weighted by atomic mass is 9.81. The number of nitrogen functional groups attached to an aromatic ring is 1. The number of benzene rings is 1. The van der Waals surface area contributed by atoms with Crippen LogP contribution >= 0.6 is 0 Å². The second-order valence-corrected chi connectivity index (χ2v) is 9.12. The molecule has 5 N–H and O–H groups in total. The molecule has 34 heavy (non-hydrogen) atoms. The minimum Gasteiger partial charge on any atom is -0.386 e. The molecule has 3 aromatic rings. The Balaban J connectivity index is 1.56. The Kier molecular flexibility index (Phi) is 5.55. The largest absolute Gasteiger partial charge is 0.386 e. The lowest BCUT2D eigenvalue weighted by Crippen LogP contribution is -2.47. The molecule has 5 atom stereocenters. The van der Waals surface area contributed by atoms with E-state index >= 15 is 0 Å². The monoisotopic (exact) mass is 478 g/mol. The molecule has 0 radical (unpaired) electrons. The van der Waals surface area contributed by atoms with Gasteiger partial charge in [0.1, 0.15) is 47.5 Å². The quantitative estimate of drug-likeness (QED) is 0.454. The number of halogens is 3. The van der Waals surface area contributed by atoms with E-state index in [-0.39, 0.29) is 23.4 Å². The van der Waals surface area contributed by atoms with Crippen LogP contribution in [0.5, 0.6) is 0 Å². The minimum absolute atomic E-state index is 0.0773. The van der Waals surface area contributed by atoms with Gasteiger partial charge in [-0.2, -0.15) is 0 Å². The molecule has 0 spiro atoms. The molecule has 1 aliphatic carbocycles. The molecule has 2 aliphatic rings. The fourth-order valence-corrected chi connectivity index (χ4v) is 5.17. The van der Waals surface area contributed by atoms with Gasteiger partial charge < -0.3 is 30.4 Å². The maximum absolute atomic E-state index is 14.8. The summed E-state index contributed by atoms with van der Waals surface area (Å²) < 4.78 is 49.4. The van der Waals surface area contributed by atoms with Crippen molar-refractivity contribution in [3.8, 4) is 0 Å². The second-order valence-electron chi connectivity index (χ2n) is 9.12. The van der Waals surface area contributed by atoms with Crippen LogP contribution in [0.1, 0.15) is 60.8 Å². The number of alkyl halides is 2. The number of anilines is 1. The Labute approximate surface area is 192 Å². The molecule has 8 nitrogen and oxygen atoms in total. The van der Waals surface area contributed by atoms with Gasteiger partial charge in [-0.1, -0.05) is 0 Å². The van der Waals surface area contributed by atoms with Crippen molar-refractivity contribution in [2.75, 3.05) is 5.73 Å². The van der Waals surface area contributed by atoms with E-state index in [9.17, 15) is 28.5 Å². The van der Waals surface area contributed by atoms with E-state index in [1.807, 2.05) is 0 Å². The lowest BCUT2D eigenvalue weighted by Gasteiger charge is -2.32. The fourth-order valence-electron chi connectivity index (χ4n) is 5.17. The standard InChI is InChI=1S/C23H25F3N4O4/c1-23(33)17(32)22(30-7-6-12-20(27)28-9-29-21(12)30)34-18(23)16(31)13-8-14(19(25)26)15(24)11-5-3-2-4-10(11)13/h6-9,16-19,22,31-33H,2-5H2,1H3,(H2,27,28,29)/t16-,17+,18-,22-,23+/m1/s1. The molecule has 1 aromatic carbocycles. The highest BCUT2D eigenvalue weighted by Crippen LogP contribution is 2.46. The van der Waals surface area contributed by atoms with Gasteiger partial charge in [-0.15, -0.1) is 0 Å². The van der Waals surface area contributed by atoms with Crippen molar-refractivity contribution >= 4 is 16.9 Å². The summed E-state index contributed by atoms with van der Waals surface area (Å²) in [6.45, 7) is 1.30. The fraction of sp³-hybridized carbons (Fsp3) is 0.478. The predicted octanol–water partition coefficient (Wildman–Crippen LogP) is 2.71. The average Bonchev–Trinajstić information content (AvgIpc) is 3.33. The Morgan fingerprint density at radius 2 is 1.91 bits per heavy atom. The SMILES string of the molecule is C[C@@]1(O)[C@@H]([C@H](O)c2cc(C(F)F)c(F)c3c2CCCC3)O[C@@H](n2ccc3c(N)ncnc32)[C@@H]1O. The summed E-state index contributed by atoms with van der Waals surface area (Å²) >= 11 is 0. The Morgan fingerprint density at radius 1 is 1.21 bits per heavy atom. The first-order chi connectivity index (χ1) is 16.1. The number of nitrogens with zero attached hydrogens (tertiary/aromatic N) is 3. The van der Waals surface area contributed by atoms with Crippen LogP contribution in [0.25, 0.3) is 11.0 Å². The van der Waals surface area contributed by atoms with Gasteiger partial charge >= 0.3 is 0 Å². The number of aliphatic hydroxyl groups is 3. The van der Waals surface area contributed by atoms with Gasteiger partial charge in [0.2, 0.25) is 0 Å². The van der Waals surface area contributed by atoms with E-state index in [0.29, 0.717) is 35.9 Å². The molecular weight excluding hydrogens is 453 g/mol. The molecule has 0 unspecified atom stereocenters. The molecule has 5 rings (SSSR count). The van der Waals surface area contributed by atoms with Crippen molar-refractivity contribution in [3.63, 3.8) is 0 Å². The van der Waals surface area contributed by atoms with E-state index in [1.165, 1.54) is 17.8 Å². The summed E-state index contributed by atoms with van der Waals surface area (Å²) in [5, 5.41) is 33.9. The van der Waals surface area contributed by atoms with Crippen LogP contribution in [0, 0.1) is 5.82 Å². The summed E-state index contributed by atoms with van der Waals surface area (Å²) in [5.74, 6) is -0.731. The zero-order valence-corrected chi connectivity index (χ0v) is 18.3. The molecule has 182 valence electrons. The highest BCUT2D eigenvalue weighted by Gasteiger charge is 2.56. The van der Waals surface area contributed by atoms with Crippen molar-refractivity contribution in [1.82, 2.24) is 14.5 Å². The van der Waals surface area contributed by atoms with Crippen molar-refractivity contribution in [2.45, 2.75) is 69.2 Å². The van der Waals surface area contributed by atoms with Gasteiger partial charge in [-0.05, 0) is 61.4 Å². The summed E-state index contributed by atoms with van der Waals surface area (Å²) in [7, 11) is 0. The van der Waals surface area contributed by atoms with Gasteiger partial charge in [-0.25, -0.2) is 23.1 Å². The third-order valence-corrected chi connectivity index (χ3v) is 7.03. The van der Waals surface area contributed by atoms with Gasteiger partial charge in [0, 0.05) is 6.20 Å². The number of ether oxygens (including phenoxy) is 1. The zero-order chi connectivity index (χ0) is 24.4. The first-order valence-corrected chi connectivity index (χ1v) is 11.1. The van der Waals surface area contributed by atoms with Gasteiger partial charge in [0.05, 0.1) is 10.9 Å². The molecule has 11 heteroatoms. The molecular formula is C23H25F3N4O4. The molecule has 3 heterocycles. The number of hydrogen-bond acceptors (Lipinski definition) is 7. The van der Waals surface area contributed by atoms with Crippen LogP contribution in [-0.2, 0) is 17.6 Å². The second kappa shape index (κ2) is 8.19. The van der Waals surface area contributed by atoms with Crippen LogP contribution in [0.2, 0.25) is 0 Å². The minimum atomic E-state index is -3.07. The molecule has 0 saturated carbocycles. The number of fused-ring (bicyclic) bond motifs is 2. The van der Waals surface area contributed by atoms with Crippen LogP contribution in [-0.4, -0.2) is 47.7 Å². The average molecular weight is 478 g/mol. The topological polar surface area (TPSA) is 127 Å². The van der Waals surface area contributed by atoms with E-state index in [4.69, 9.17) is 10.5 Å². The maximum Gasteiger partial charge on any atom is 0.266 e. The molecule has 1 aliphatic heterocycles. The van der Waals surface area contributed by atoms with Crippen molar-refractivity contribution < 1.29 is 33.2 Å². The third-order valence-electron chi connectivity index (χ3n) is 7.03. The first kappa shape index (κ1) is 23.0. The van der Waals surface area contributed by atoms with Crippen LogP contribution < -0.4 is 5.73 Å². The number of aliphatic hydroxyl groups excluding tert-OH is 2. The molecule has 0 amide bonds. The summed E-state index contributed by atoms with van der Waals surface area (Å²) in [5.41, 5.74) is 4.14. The smallest absolute Gasteiger partial charge is 0.266 e. The first-order valence-electron chi connectivity index (χ1n) is 11.1. The highest BCUT2D eigenvalue weighted by molar-refractivity contribution is 5.86. The lowest BCUT2D eigenvalue weighted by molar-refractivity contribution is -0.115. The van der Waals surface area contributed by atoms with Gasteiger partial charge in [-0.3, -0.25) is 0 Å². The molecule has 1 saturated heterocycles. The van der Waals surface area contributed by atoms with E-state index in [0.717, 1.165) is 6.07 Å². The van der Waals surface area contributed by atoms with Crippen LogP contribution in [0.4, 0.5) is 19.0 Å². The van der Waals surface area contributed by atoms with E-state index < -0.39 is 47.9 Å². The summed E-state index contributed by atoms with van der Waals surface area (Å²) in [6.07, 6.45) is -3.88. The maximum atomic E-state index is 14.8. The summed E-state index contributed by atoms with van der Waals surface area (Å²) in [6, 6.07) is 2.58. The number of rotatable bonds is 4. The van der Waals surface area contributed by atoms with Gasteiger partial charge in [0.25, 0.3) is 6.43 Å². The molecule has 1 fully saturated rings. The predicted molar refractivity (Wildman–Crippen MR) is 115 cm³/mol. The van der Waals surface area contributed by atoms with Crippen LogP contribution in [0.15, 0.2) is 24.7 Å². The Morgan fingerprint density at radius 3 is 2.62 bits per heavy atom. The Hall–Kier alpha value is -2.73. The zero-order valence-electron chi connectivity index (χ0n) is 18.3. The Bertz CT molecular complexity index is 1250. The molecule has 0 bridgehead atoms. The van der Waals surface area contributed by atoms with Gasteiger partial charge in [0.15, 0.2) is 6.23 Å². The van der Waals surface area contributed by atoms with E-state index in [1.54, 1.807) is 12.3 Å². The molecule has 2 aromatic heterocycles. The number of hydrogen-bond donors (Lipinski definition) is 4. The highest BCUT2D eigenvalue weighted by atomic mass is 19.3. The van der Waals surface area contributed by atoms with E-state index in [2.05, 4.69) is 9.97 Å². The van der Waals surface area contributed by atoms with Crippen molar-refractivity contribution in [2.24, 2.45) is 0 Å². The number of aromatic nitrogens is 3. The van der Waals surface area contributed by atoms with Crippen LogP contribution in [0.3, 0.4) is 0 Å². The third kappa shape index (κ3) is 3.37. The number of nitrogens with two attached hydrogens (primary N) is 1. The van der Waals surface area contributed by atoms with Crippen molar-refractivity contribution in [1.29, 1.82) is 0 Å². The summed E-state index contributed by atoms with van der Waals surface area (Å²) in [4.78, 5) is 8.08. The van der Waals surface area contributed by atoms with Crippen molar-refractivity contribution in [3.05, 3.63) is 52.7 Å². The normalized spacial score (nSPS) is 27.9.